The number of unbranched alkanes of at least 4 members (excludes halogenated alkanes) is 1. The van der Waals surface area contributed by atoms with Crippen LogP contribution in [0.1, 0.15) is 40.0 Å². The van der Waals surface area contributed by atoms with Gasteiger partial charge < -0.3 is 9.47 Å². The number of benzene rings is 2. The van der Waals surface area contributed by atoms with Crippen LogP contribution in [0.5, 0.6) is 0 Å². The van der Waals surface area contributed by atoms with Crippen molar-refractivity contribution in [1.82, 2.24) is 4.57 Å². The molecule has 176 valence electrons. The molecule has 0 radical (unpaired) electrons. The molecule has 7 heteroatoms. The average molecular weight is 471 g/mol. The Balaban J connectivity index is 1.92. The normalized spacial score (nSPS) is 19.2. The van der Waals surface area contributed by atoms with Crippen LogP contribution in [0.2, 0.25) is 0 Å². The van der Waals surface area contributed by atoms with Crippen molar-refractivity contribution in [1.29, 1.82) is 0 Å². The highest BCUT2D eigenvalue weighted by Gasteiger charge is 2.27. The van der Waals surface area contributed by atoms with E-state index in [1.165, 1.54) is 24.4 Å². The van der Waals surface area contributed by atoms with Gasteiger partial charge in [0.2, 0.25) is 15.3 Å². The van der Waals surface area contributed by atoms with Crippen LogP contribution < -0.4 is 10.3 Å². The highest BCUT2D eigenvalue weighted by molar-refractivity contribution is 7.91. The molecule has 1 aliphatic heterocycles. The van der Waals surface area contributed by atoms with Gasteiger partial charge in [-0.05, 0) is 48.9 Å². The van der Waals surface area contributed by atoms with E-state index in [1.807, 2.05) is 6.92 Å². The van der Waals surface area contributed by atoms with E-state index < -0.39 is 21.1 Å². The molecule has 0 spiro atoms. The Morgan fingerprint density at radius 1 is 1.06 bits per heavy atom. The lowest BCUT2D eigenvalue weighted by Gasteiger charge is -2.37. The molecule has 0 aliphatic carbocycles. The summed E-state index contributed by atoms with van der Waals surface area (Å²) < 4.78 is 43.7. The molecule has 0 unspecified atom stereocenters. The molecule has 4 rings (SSSR count). The van der Waals surface area contributed by atoms with E-state index in [2.05, 4.69) is 18.7 Å². The third-order valence-electron chi connectivity index (χ3n) is 6.42. The molecular formula is C26H31FN2O3S. The minimum Gasteiger partial charge on any atom is -0.369 e. The molecule has 1 aromatic heterocycles. The molecule has 0 bridgehead atoms. The molecule has 3 aromatic rings. The molecule has 1 aliphatic rings. The van der Waals surface area contributed by atoms with Crippen LogP contribution in [0.15, 0.2) is 63.2 Å². The van der Waals surface area contributed by atoms with Gasteiger partial charge in [0.25, 0.3) is 0 Å². The van der Waals surface area contributed by atoms with Crippen molar-refractivity contribution in [3.63, 3.8) is 0 Å². The van der Waals surface area contributed by atoms with Crippen molar-refractivity contribution < 1.29 is 12.8 Å². The topological polar surface area (TPSA) is 59.4 Å². The molecule has 2 aromatic carbocycles. The SMILES string of the molecule is CCCCn1cc(S(=O)(=O)c2ccccc2)c(=O)c2cc(F)c(N3C[C@@H](C)C[C@H](C)C3)cc21. The first-order chi connectivity index (χ1) is 15.7. The third kappa shape index (κ3) is 4.56. The number of hydrogen-bond donors (Lipinski definition) is 0. The fraction of sp³-hybridized carbons (Fsp3) is 0.423. The number of anilines is 1. The minimum absolute atomic E-state index is 0.0527. The van der Waals surface area contributed by atoms with Crippen molar-refractivity contribution in [2.45, 2.75) is 56.4 Å². The summed E-state index contributed by atoms with van der Waals surface area (Å²) in [4.78, 5) is 15.1. The molecule has 5 nitrogen and oxygen atoms in total. The molecular weight excluding hydrogens is 439 g/mol. The van der Waals surface area contributed by atoms with Crippen molar-refractivity contribution in [3.05, 3.63) is 64.7 Å². The largest absolute Gasteiger partial charge is 0.369 e. The predicted octanol–water partition coefficient (Wildman–Crippen LogP) is 5.26. The molecule has 0 amide bonds. The zero-order chi connectivity index (χ0) is 23.8. The summed E-state index contributed by atoms with van der Waals surface area (Å²) >= 11 is 0. The maximum absolute atomic E-state index is 15.3. The number of aromatic nitrogens is 1. The van der Waals surface area contributed by atoms with Crippen LogP contribution in [-0.4, -0.2) is 26.1 Å². The quantitative estimate of drug-likeness (QED) is 0.493. The first kappa shape index (κ1) is 23.5. The number of fused-ring (bicyclic) bond motifs is 1. The van der Waals surface area contributed by atoms with Crippen molar-refractivity contribution in [2.24, 2.45) is 11.8 Å². The molecule has 2 heterocycles. The number of nitrogens with zero attached hydrogens (tertiary/aromatic N) is 2. The Kier molecular flexibility index (Phi) is 6.61. The summed E-state index contributed by atoms with van der Waals surface area (Å²) in [6.07, 6.45) is 4.26. The second-order valence-corrected chi connectivity index (χ2v) is 11.3. The van der Waals surface area contributed by atoms with E-state index in [9.17, 15) is 13.2 Å². The second-order valence-electron chi connectivity index (χ2n) is 9.36. The van der Waals surface area contributed by atoms with Crippen LogP contribution >= 0.6 is 0 Å². The van der Waals surface area contributed by atoms with Gasteiger partial charge in [0.05, 0.1) is 21.5 Å². The molecule has 0 N–H and O–H groups in total. The summed E-state index contributed by atoms with van der Waals surface area (Å²) in [6, 6.07) is 10.9. The zero-order valence-corrected chi connectivity index (χ0v) is 20.2. The van der Waals surface area contributed by atoms with E-state index in [0.29, 0.717) is 29.6 Å². The Morgan fingerprint density at radius 2 is 1.73 bits per heavy atom. The Hall–Kier alpha value is -2.67. The number of rotatable bonds is 6. The first-order valence-corrected chi connectivity index (χ1v) is 13.1. The highest BCUT2D eigenvalue weighted by Crippen LogP contribution is 2.31. The summed E-state index contributed by atoms with van der Waals surface area (Å²) in [5, 5.41) is 0.0995. The lowest BCUT2D eigenvalue weighted by Crippen LogP contribution is -2.39. The van der Waals surface area contributed by atoms with Crippen molar-refractivity contribution in [2.75, 3.05) is 18.0 Å². The summed E-state index contributed by atoms with van der Waals surface area (Å²) in [6.45, 7) is 8.44. The molecule has 1 fully saturated rings. The summed E-state index contributed by atoms with van der Waals surface area (Å²) in [7, 11) is -4.03. The van der Waals surface area contributed by atoms with Gasteiger partial charge in [-0.25, -0.2) is 12.8 Å². The molecule has 0 saturated carbocycles. The maximum Gasteiger partial charge on any atom is 0.211 e. The fourth-order valence-corrected chi connectivity index (χ4v) is 6.30. The van der Waals surface area contributed by atoms with Gasteiger partial charge in [0.15, 0.2) is 0 Å². The summed E-state index contributed by atoms with van der Waals surface area (Å²) in [5.74, 6) is 0.409. The van der Waals surface area contributed by atoms with Crippen LogP contribution in [-0.2, 0) is 16.4 Å². The Labute approximate surface area is 194 Å². The van der Waals surface area contributed by atoms with Gasteiger partial charge >= 0.3 is 0 Å². The highest BCUT2D eigenvalue weighted by atomic mass is 32.2. The maximum atomic E-state index is 15.3. The molecule has 33 heavy (non-hydrogen) atoms. The number of piperidine rings is 1. The Morgan fingerprint density at radius 3 is 2.36 bits per heavy atom. The Bertz CT molecular complexity index is 1310. The van der Waals surface area contributed by atoms with Crippen molar-refractivity contribution in [3.8, 4) is 0 Å². The average Bonchev–Trinajstić information content (AvgIpc) is 2.78. The molecule has 2 atom stereocenters. The standard InChI is InChI=1S/C26H31FN2O3S/c1-4-5-11-28-17-25(33(31,32)20-9-7-6-8-10-20)26(30)21-13-22(27)24(14-23(21)28)29-15-18(2)12-19(3)16-29/h6-10,13-14,17-19H,4-5,11-12,15-16H2,1-3H3/t18-,19-/m0/s1. The lowest BCUT2D eigenvalue weighted by molar-refractivity contribution is 0.354. The number of hydrogen-bond acceptors (Lipinski definition) is 4. The number of sulfone groups is 1. The van der Waals surface area contributed by atoms with Gasteiger partial charge in [-0.3, -0.25) is 4.79 Å². The van der Waals surface area contributed by atoms with E-state index in [-0.39, 0.29) is 15.2 Å². The lowest BCUT2D eigenvalue weighted by atomic mass is 9.91. The van der Waals surface area contributed by atoms with Crippen LogP contribution in [0.3, 0.4) is 0 Å². The van der Waals surface area contributed by atoms with Crippen LogP contribution in [0.4, 0.5) is 10.1 Å². The predicted molar refractivity (Wildman–Crippen MR) is 130 cm³/mol. The zero-order valence-electron chi connectivity index (χ0n) is 19.4. The fourth-order valence-electron chi connectivity index (χ4n) is 4.91. The van der Waals surface area contributed by atoms with E-state index in [1.54, 1.807) is 28.8 Å². The van der Waals surface area contributed by atoms with Gasteiger partial charge in [0, 0.05) is 25.8 Å². The van der Waals surface area contributed by atoms with Gasteiger partial charge in [-0.1, -0.05) is 45.4 Å². The van der Waals surface area contributed by atoms with E-state index in [4.69, 9.17) is 0 Å². The number of halogens is 1. The van der Waals surface area contributed by atoms with Gasteiger partial charge in [0.1, 0.15) is 10.7 Å². The molecule has 1 saturated heterocycles. The second kappa shape index (κ2) is 9.29. The monoisotopic (exact) mass is 470 g/mol. The number of pyridine rings is 1. The van der Waals surface area contributed by atoms with Gasteiger partial charge in [-0.2, -0.15) is 0 Å². The van der Waals surface area contributed by atoms with E-state index in [0.717, 1.165) is 32.4 Å². The first-order valence-electron chi connectivity index (χ1n) is 11.6. The number of aryl methyl sites for hydroxylation is 1. The smallest absolute Gasteiger partial charge is 0.211 e. The van der Waals surface area contributed by atoms with E-state index >= 15 is 4.39 Å². The minimum atomic E-state index is -4.03. The third-order valence-corrected chi connectivity index (χ3v) is 8.18. The van der Waals surface area contributed by atoms with Crippen LogP contribution in [0, 0.1) is 17.7 Å². The van der Waals surface area contributed by atoms with Crippen molar-refractivity contribution >= 4 is 26.4 Å². The van der Waals surface area contributed by atoms with Crippen LogP contribution in [0.25, 0.3) is 10.9 Å². The summed E-state index contributed by atoms with van der Waals surface area (Å²) in [5.41, 5.74) is 0.388. The van der Waals surface area contributed by atoms with Gasteiger partial charge in [-0.15, -0.1) is 0 Å².